The molecular weight excluding hydrogens is 120 g/mol. The third kappa shape index (κ3) is 1.25. The van der Waals surface area contributed by atoms with Gasteiger partial charge in [0.25, 0.3) is 0 Å². The number of primary amides is 1. The second kappa shape index (κ2) is 2.26. The summed E-state index contributed by atoms with van der Waals surface area (Å²) in [6, 6.07) is 3.29. The first-order valence-corrected chi connectivity index (χ1v) is 2.50. The highest BCUT2D eigenvalue weighted by Gasteiger charge is 1.94. The fourth-order valence-corrected chi connectivity index (χ4v) is 0.509. The zero-order chi connectivity index (χ0) is 6.69. The van der Waals surface area contributed by atoms with Crippen molar-refractivity contribution in [1.82, 2.24) is 4.98 Å². The number of hydrogen-bond donors (Lipinski definition) is 1. The second-order valence-corrected chi connectivity index (χ2v) is 1.61. The van der Waals surface area contributed by atoms with Crippen molar-refractivity contribution >= 4 is 5.91 Å². The number of hydrogen-bond acceptors (Lipinski definition) is 2. The van der Waals surface area contributed by atoms with E-state index >= 15 is 0 Å². The third-order valence-electron chi connectivity index (χ3n) is 0.946. The summed E-state index contributed by atoms with van der Waals surface area (Å²) < 4.78 is 0. The molecule has 0 atom stereocenters. The summed E-state index contributed by atoms with van der Waals surface area (Å²) in [5.74, 6) is -0.442. The molecule has 2 N–H and O–H groups in total. The maximum Gasteiger partial charge on any atom is 0.250 e. The number of nitrogens with zero attached hydrogens (tertiary/aromatic N) is 1. The van der Waals surface area contributed by atoms with Gasteiger partial charge in [-0.25, -0.2) is 0 Å². The molecule has 0 radical (unpaired) electrons. The Hall–Kier alpha value is -1.38. The molecule has 0 fully saturated rings. The van der Waals surface area contributed by atoms with Gasteiger partial charge in [0.15, 0.2) is 0 Å². The monoisotopic (exact) mass is 126 g/mol. The van der Waals surface area contributed by atoms with E-state index in [0.29, 0.717) is 5.56 Å². The van der Waals surface area contributed by atoms with Crippen LogP contribution in [0.4, 0.5) is 0 Å². The quantitative estimate of drug-likeness (QED) is 0.545. The molecule has 9 heavy (non-hydrogen) atoms. The zero-order valence-corrected chi connectivity index (χ0v) is 4.74. The molecule has 1 rings (SSSR count). The lowest BCUT2D eigenvalue weighted by molar-refractivity contribution is 0.1000. The molecule has 3 nitrogen and oxygen atoms in total. The van der Waals surface area contributed by atoms with Gasteiger partial charge in [0.1, 0.15) is 0 Å². The lowest BCUT2D eigenvalue weighted by Crippen LogP contribution is -2.10. The molecule has 1 aromatic heterocycles. The Morgan fingerprint density at radius 3 is 2.78 bits per heavy atom. The maximum absolute atomic E-state index is 10.4. The number of pyridine rings is 1. The molecule has 0 aliphatic carbocycles. The van der Waals surface area contributed by atoms with E-state index in [1.54, 1.807) is 18.3 Å². The van der Waals surface area contributed by atoms with Crippen molar-refractivity contribution in [3.63, 3.8) is 0 Å². The van der Waals surface area contributed by atoms with Crippen molar-refractivity contribution in [2.45, 2.75) is 0 Å². The van der Waals surface area contributed by atoms with E-state index in [1.165, 1.54) is 6.20 Å². The normalized spacial score (nSPS) is 8.89. The van der Waals surface area contributed by atoms with Gasteiger partial charge in [0, 0.05) is 12.4 Å². The second-order valence-electron chi connectivity index (χ2n) is 1.61. The molecule has 0 saturated heterocycles. The largest absolute Gasteiger partial charge is 0.366 e. The molecule has 0 unspecified atom stereocenters. The topological polar surface area (TPSA) is 56.0 Å². The van der Waals surface area contributed by atoms with Crippen LogP contribution in [0.1, 0.15) is 10.4 Å². The Bertz CT molecular complexity index is 208. The Balaban J connectivity index is 2.98. The summed E-state index contributed by atoms with van der Waals surface area (Å²) in [6.45, 7) is 0. The molecular formula is C6H6N2O. The lowest BCUT2D eigenvalue weighted by atomic mass is 10.5. The SMILES string of the molecule is N[13C](=O)c1cc[13cH][15n][13cH]1. The Kier molecular flexibility index (Phi) is 1.44. The molecule has 0 bridgehead atoms. The molecule has 0 aromatic carbocycles. The van der Waals surface area contributed by atoms with E-state index in [4.69, 9.17) is 5.73 Å². The van der Waals surface area contributed by atoms with Gasteiger partial charge in [-0.2, -0.15) is 0 Å². The van der Waals surface area contributed by atoms with Gasteiger partial charge in [-0.3, -0.25) is 9.78 Å². The van der Waals surface area contributed by atoms with Crippen LogP contribution in [-0.4, -0.2) is 10.9 Å². The third-order valence-corrected chi connectivity index (χ3v) is 0.946. The van der Waals surface area contributed by atoms with Crippen LogP contribution in [0, 0.1) is 0 Å². The Morgan fingerprint density at radius 1 is 1.67 bits per heavy atom. The molecule has 1 aromatic rings. The number of aromatic nitrogens is 1. The van der Waals surface area contributed by atoms with Crippen LogP contribution in [-0.2, 0) is 0 Å². The maximum atomic E-state index is 10.4. The average molecular weight is 126 g/mol. The van der Waals surface area contributed by atoms with E-state index < -0.39 is 5.91 Å². The first kappa shape index (κ1) is 5.75. The van der Waals surface area contributed by atoms with Crippen LogP contribution in [0.3, 0.4) is 0 Å². The molecule has 46 valence electrons. The highest BCUT2D eigenvalue weighted by molar-refractivity contribution is 5.92. The predicted octanol–water partition coefficient (Wildman–Crippen LogP) is 0.181. The highest BCUT2D eigenvalue weighted by atomic mass is 16.2. The van der Waals surface area contributed by atoms with Gasteiger partial charge < -0.3 is 5.73 Å². The van der Waals surface area contributed by atoms with Gasteiger partial charge in [0.05, 0.1) is 5.56 Å². The zero-order valence-electron chi connectivity index (χ0n) is 4.74. The summed E-state index contributed by atoms with van der Waals surface area (Å²) in [5.41, 5.74) is 5.38. The number of carbonyl (C=O) groups excluding carboxylic acids is 1. The summed E-state index contributed by atoms with van der Waals surface area (Å²) in [4.78, 5) is 14.1. The minimum Gasteiger partial charge on any atom is -0.366 e. The smallest absolute Gasteiger partial charge is 0.250 e. The molecule has 1 amide bonds. The lowest BCUT2D eigenvalue weighted by Gasteiger charge is -1.88. The number of amides is 1. The van der Waals surface area contributed by atoms with Crippen molar-refractivity contribution in [2.75, 3.05) is 0 Å². The number of carbonyl (C=O) groups is 1. The van der Waals surface area contributed by atoms with E-state index in [-0.39, 0.29) is 0 Å². The standard InChI is InChI=1S/C6H6N2O/c7-6(9)5-2-1-3-8-4-5/h1-4H,(H2,7,9)/i3+1,4+1,6+1,8+1. The van der Waals surface area contributed by atoms with Crippen molar-refractivity contribution in [2.24, 2.45) is 5.73 Å². The summed E-state index contributed by atoms with van der Waals surface area (Å²) in [5, 5.41) is 0. The van der Waals surface area contributed by atoms with Crippen LogP contribution < -0.4 is 5.73 Å². The predicted molar refractivity (Wildman–Crippen MR) is 32.8 cm³/mol. The van der Waals surface area contributed by atoms with Crippen LogP contribution >= 0.6 is 0 Å². The highest BCUT2D eigenvalue weighted by Crippen LogP contribution is 1.91. The summed E-state index contributed by atoms with van der Waals surface area (Å²) in [6.07, 6.45) is 3.02. The van der Waals surface area contributed by atoms with Crippen molar-refractivity contribution < 1.29 is 4.79 Å². The van der Waals surface area contributed by atoms with Crippen LogP contribution in [0.2, 0.25) is 0 Å². The van der Waals surface area contributed by atoms with E-state index in [9.17, 15) is 4.79 Å². The van der Waals surface area contributed by atoms with Crippen molar-refractivity contribution in [3.05, 3.63) is 30.1 Å². The van der Waals surface area contributed by atoms with Gasteiger partial charge in [0.2, 0.25) is 5.91 Å². The number of nitrogens with two attached hydrogens (primary N) is 1. The molecule has 0 spiro atoms. The van der Waals surface area contributed by atoms with Gasteiger partial charge in [-0.15, -0.1) is 0 Å². The fraction of sp³-hybridized carbons (Fsp3) is 0. The van der Waals surface area contributed by atoms with Crippen LogP contribution in [0.5, 0.6) is 0 Å². The average Bonchev–Trinajstić information content (AvgIpc) is 1.90. The Labute approximate surface area is 52.5 Å². The molecule has 0 aliphatic rings. The van der Waals surface area contributed by atoms with E-state index in [0.717, 1.165) is 0 Å². The van der Waals surface area contributed by atoms with Gasteiger partial charge in [-0.05, 0) is 12.1 Å². The van der Waals surface area contributed by atoms with E-state index in [1.807, 2.05) is 0 Å². The van der Waals surface area contributed by atoms with Crippen LogP contribution in [0.15, 0.2) is 24.5 Å². The molecule has 0 aliphatic heterocycles. The molecule has 1 heterocycles. The summed E-state index contributed by atoms with van der Waals surface area (Å²) >= 11 is 0. The first-order valence-electron chi connectivity index (χ1n) is 2.50. The minimum absolute atomic E-state index is 0.442. The van der Waals surface area contributed by atoms with Crippen molar-refractivity contribution in [1.29, 1.82) is 0 Å². The number of rotatable bonds is 1. The summed E-state index contributed by atoms with van der Waals surface area (Å²) in [7, 11) is 0. The van der Waals surface area contributed by atoms with Gasteiger partial charge >= 0.3 is 0 Å². The molecule has 3 heteroatoms. The Morgan fingerprint density at radius 2 is 2.44 bits per heavy atom. The first-order chi connectivity index (χ1) is 4.30. The minimum atomic E-state index is -0.442. The van der Waals surface area contributed by atoms with E-state index in [2.05, 4.69) is 4.98 Å². The van der Waals surface area contributed by atoms with Crippen LogP contribution in [0.25, 0.3) is 0 Å². The van der Waals surface area contributed by atoms with Crippen molar-refractivity contribution in [3.8, 4) is 0 Å². The van der Waals surface area contributed by atoms with Gasteiger partial charge in [-0.1, -0.05) is 0 Å². The molecule has 0 saturated carbocycles. The fourth-order valence-electron chi connectivity index (χ4n) is 0.509.